The molecule has 128 valence electrons. The largest absolute Gasteiger partial charge is 0.453 e. The molecule has 6 heteroatoms. The van der Waals surface area contributed by atoms with Crippen molar-refractivity contribution in [2.24, 2.45) is 5.73 Å². The molecule has 1 atom stereocenters. The van der Waals surface area contributed by atoms with Crippen LogP contribution in [0.5, 0.6) is 11.5 Å². The SMILES string of the molecule is CCC(N)c1cc(F)c(Oc2ccc(NC(C)=O)c(C)c2)c(Cl)c1. The summed E-state index contributed by atoms with van der Waals surface area (Å²) in [6.45, 7) is 5.17. The van der Waals surface area contributed by atoms with Crippen molar-refractivity contribution in [1.82, 2.24) is 0 Å². The van der Waals surface area contributed by atoms with Gasteiger partial charge in [0.1, 0.15) is 5.75 Å². The molecule has 4 nitrogen and oxygen atoms in total. The molecule has 2 rings (SSSR count). The molecule has 0 radical (unpaired) electrons. The van der Waals surface area contributed by atoms with Crippen molar-refractivity contribution in [2.75, 3.05) is 5.32 Å². The number of nitrogens with two attached hydrogens (primary N) is 1. The Bertz CT molecular complexity index is 742. The van der Waals surface area contributed by atoms with Gasteiger partial charge in [-0.05, 0) is 54.8 Å². The molecule has 0 fully saturated rings. The summed E-state index contributed by atoms with van der Waals surface area (Å²) in [6, 6.07) is 7.72. The maximum atomic E-state index is 14.3. The number of ether oxygens (including phenoxy) is 1. The van der Waals surface area contributed by atoms with E-state index in [1.54, 1.807) is 24.3 Å². The van der Waals surface area contributed by atoms with Gasteiger partial charge in [0.05, 0.1) is 5.02 Å². The second-order valence-corrected chi connectivity index (χ2v) is 6.00. The van der Waals surface area contributed by atoms with E-state index in [1.165, 1.54) is 13.0 Å². The second-order valence-electron chi connectivity index (χ2n) is 5.59. The van der Waals surface area contributed by atoms with Crippen LogP contribution in [-0.2, 0) is 4.79 Å². The van der Waals surface area contributed by atoms with Gasteiger partial charge < -0.3 is 15.8 Å². The number of aryl methyl sites for hydroxylation is 1. The van der Waals surface area contributed by atoms with Crippen LogP contribution in [0.4, 0.5) is 10.1 Å². The van der Waals surface area contributed by atoms with E-state index in [0.717, 1.165) is 5.56 Å². The predicted octanol–water partition coefficient (Wildman–Crippen LogP) is 4.95. The van der Waals surface area contributed by atoms with E-state index in [1.807, 2.05) is 13.8 Å². The van der Waals surface area contributed by atoms with Crippen molar-refractivity contribution in [3.8, 4) is 11.5 Å². The average Bonchev–Trinajstić information content (AvgIpc) is 2.52. The quantitative estimate of drug-likeness (QED) is 0.802. The van der Waals surface area contributed by atoms with Crippen LogP contribution in [0.1, 0.15) is 37.4 Å². The van der Waals surface area contributed by atoms with Gasteiger partial charge in [-0.2, -0.15) is 0 Å². The van der Waals surface area contributed by atoms with Crippen molar-refractivity contribution < 1.29 is 13.9 Å². The van der Waals surface area contributed by atoms with Gasteiger partial charge in [0.25, 0.3) is 0 Å². The number of nitrogens with one attached hydrogen (secondary N) is 1. The van der Waals surface area contributed by atoms with E-state index in [2.05, 4.69) is 5.32 Å². The Morgan fingerprint density at radius 2 is 2.08 bits per heavy atom. The molecule has 0 aliphatic carbocycles. The van der Waals surface area contributed by atoms with E-state index >= 15 is 0 Å². The topological polar surface area (TPSA) is 64.3 Å². The zero-order chi connectivity index (χ0) is 17.9. The first-order valence-corrected chi connectivity index (χ1v) is 8.00. The number of rotatable bonds is 5. The predicted molar refractivity (Wildman–Crippen MR) is 94.2 cm³/mol. The standard InChI is InChI=1S/C18H20ClFN2O2/c1-4-16(21)12-8-14(19)18(15(20)9-12)24-13-5-6-17(10(2)7-13)22-11(3)23/h5-9,16H,4,21H2,1-3H3,(H,22,23). The highest BCUT2D eigenvalue weighted by atomic mass is 35.5. The molecule has 2 aromatic carbocycles. The Kier molecular flexibility index (Phi) is 5.80. The summed E-state index contributed by atoms with van der Waals surface area (Å²) in [7, 11) is 0. The number of carbonyl (C=O) groups is 1. The van der Waals surface area contributed by atoms with E-state index in [0.29, 0.717) is 23.4 Å². The highest BCUT2D eigenvalue weighted by molar-refractivity contribution is 6.32. The fourth-order valence-corrected chi connectivity index (χ4v) is 2.53. The van der Waals surface area contributed by atoms with Gasteiger partial charge in [-0.25, -0.2) is 4.39 Å². The van der Waals surface area contributed by atoms with Crippen LogP contribution in [0.2, 0.25) is 5.02 Å². The van der Waals surface area contributed by atoms with Crippen molar-refractivity contribution in [2.45, 2.75) is 33.2 Å². The fraction of sp³-hybridized carbons (Fsp3) is 0.278. The minimum absolute atomic E-state index is 0.0459. The maximum absolute atomic E-state index is 14.3. The van der Waals surface area contributed by atoms with Crippen LogP contribution in [0.15, 0.2) is 30.3 Å². The van der Waals surface area contributed by atoms with Crippen molar-refractivity contribution >= 4 is 23.2 Å². The summed E-state index contributed by atoms with van der Waals surface area (Å²) in [6.07, 6.45) is 0.680. The van der Waals surface area contributed by atoms with Crippen LogP contribution in [0.3, 0.4) is 0 Å². The Morgan fingerprint density at radius 1 is 1.38 bits per heavy atom. The molecular formula is C18H20ClFN2O2. The summed E-state index contributed by atoms with van der Waals surface area (Å²) in [4.78, 5) is 11.1. The number of halogens is 2. The summed E-state index contributed by atoms with van der Waals surface area (Å²) in [5.74, 6) is -0.348. The first kappa shape index (κ1) is 18.2. The monoisotopic (exact) mass is 350 g/mol. The number of hydrogen-bond donors (Lipinski definition) is 2. The fourth-order valence-electron chi connectivity index (χ4n) is 2.27. The van der Waals surface area contributed by atoms with Crippen LogP contribution in [0.25, 0.3) is 0 Å². The van der Waals surface area contributed by atoms with E-state index < -0.39 is 5.82 Å². The number of carbonyl (C=O) groups excluding carboxylic acids is 1. The molecule has 1 amide bonds. The van der Waals surface area contributed by atoms with Gasteiger partial charge in [0.15, 0.2) is 11.6 Å². The molecule has 0 saturated carbocycles. The van der Waals surface area contributed by atoms with Gasteiger partial charge in [0.2, 0.25) is 5.91 Å². The van der Waals surface area contributed by atoms with Crippen molar-refractivity contribution in [1.29, 1.82) is 0 Å². The molecule has 3 N–H and O–H groups in total. The first-order chi connectivity index (χ1) is 11.3. The van der Waals surface area contributed by atoms with Gasteiger partial charge in [-0.15, -0.1) is 0 Å². The summed E-state index contributed by atoms with van der Waals surface area (Å²) >= 11 is 6.15. The molecule has 1 unspecified atom stereocenters. The highest BCUT2D eigenvalue weighted by Crippen LogP contribution is 2.35. The number of benzene rings is 2. The minimum Gasteiger partial charge on any atom is -0.453 e. The highest BCUT2D eigenvalue weighted by Gasteiger charge is 2.15. The smallest absolute Gasteiger partial charge is 0.221 e. The van der Waals surface area contributed by atoms with Gasteiger partial charge in [-0.3, -0.25) is 4.79 Å². The zero-order valence-corrected chi connectivity index (χ0v) is 14.6. The minimum atomic E-state index is -0.565. The van der Waals surface area contributed by atoms with Crippen molar-refractivity contribution in [3.05, 3.63) is 52.3 Å². The Balaban J connectivity index is 2.28. The van der Waals surface area contributed by atoms with Gasteiger partial charge in [-0.1, -0.05) is 18.5 Å². The molecule has 24 heavy (non-hydrogen) atoms. The number of hydrogen-bond acceptors (Lipinski definition) is 3. The Morgan fingerprint density at radius 3 is 2.62 bits per heavy atom. The van der Waals surface area contributed by atoms with Gasteiger partial charge >= 0.3 is 0 Å². The van der Waals surface area contributed by atoms with Gasteiger partial charge in [0, 0.05) is 18.7 Å². The number of amides is 1. The van der Waals surface area contributed by atoms with Crippen LogP contribution in [-0.4, -0.2) is 5.91 Å². The summed E-state index contributed by atoms with van der Waals surface area (Å²) in [5, 5.41) is 2.87. The van der Waals surface area contributed by atoms with Crippen molar-refractivity contribution in [3.63, 3.8) is 0 Å². The Hall–Kier alpha value is -2.11. The number of anilines is 1. The Labute approximate surface area is 145 Å². The van der Waals surface area contributed by atoms with E-state index in [9.17, 15) is 9.18 Å². The molecule has 0 aromatic heterocycles. The third-order valence-electron chi connectivity index (χ3n) is 3.62. The maximum Gasteiger partial charge on any atom is 0.221 e. The van der Waals surface area contributed by atoms with E-state index in [4.69, 9.17) is 22.1 Å². The lowest BCUT2D eigenvalue weighted by Crippen LogP contribution is -2.09. The summed E-state index contributed by atoms with van der Waals surface area (Å²) < 4.78 is 19.9. The molecular weight excluding hydrogens is 331 g/mol. The molecule has 0 aliphatic rings. The van der Waals surface area contributed by atoms with Crippen LogP contribution in [0, 0.1) is 12.7 Å². The lowest BCUT2D eigenvalue weighted by atomic mass is 10.1. The molecule has 0 aliphatic heterocycles. The first-order valence-electron chi connectivity index (χ1n) is 7.62. The lowest BCUT2D eigenvalue weighted by Gasteiger charge is -2.15. The van der Waals surface area contributed by atoms with Crippen LogP contribution < -0.4 is 15.8 Å². The molecule has 0 bridgehead atoms. The molecule has 2 aromatic rings. The average molecular weight is 351 g/mol. The third-order valence-corrected chi connectivity index (χ3v) is 3.90. The second kappa shape index (κ2) is 7.64. The van der Waals surface area contributed by atoms with E-state index in [-0.39, 0.29) is 22.7 Å². The molecule has 0 saturated heterocycles. The molecule has 0 heterocycles. The normalized spacial score (nSPS) is 11.9. The summed E-state index contributed by atoms with van der Waals surface area (Å²) in [5.41, 5.74) is 8.01. The van der Waals surface area contributed by atoms with Crippen LogP contribution >= 0.6 is 11.6 Å². The zero-order valence-electron chi connectivity index (χ0n) is 13.8. The molecule has 0 spiro atoms. The lowest BCUT2D eigenvalue weighted by molar-refractivity contribution is -0.114. The third kappa shape index (κ3) is 4.24.